The molecule has 2 heterocycles. The average molecular weight is 523 g/mol. The molecule has 0 spiro atoms. The second-order valence-electron chi connectivity index (χ2n) is 7.76. The molecule has 2 aromatic carbocycles. The molecule has 180 valence electrons. The fourth-order valence-electron chi connectivity index (χ4n) is 3.81. The van der Waals surface area contributed by atoms with Crippen LogP contribution in [0.15, 0.2) is 53.4 Å². The summed E-state index contributed by atoms with van der Waals surface area (Å²) in [5.41, 5.74) is 1.64. The summed E-state index contributed by atoms with van der Waals surface area (Å²) in [4.78, 5) is 13.1. The molecule has 0 saturated carbocycles. The molecule has 0 radical (unpaired) electrons. The molecule has 1 amide bonds. The van der Waals surface area contributed by atoms with E-state index in [1.807, 2.05) is 0 Å². The second-order valence-corrected chi connectivity index (χ2v) is 12.2. The third kappa shape index (κ3) is 4.61. The van der Waals surface area contributed by atoms with E-state index in [1.54, 1.807) is 38.1 Å². The maximum atomic E-state index is 13.0. The number of sulfonamides is 1. The zero-order chi connectivity index (χ0) is 24.7. The quantitative estimate of drug-likeness (QED) is 0.509. The Morgan fingerprint density at radius 3 is 2.26 bits per heavy atom. The highest BCUT2D eigenvalue weighted by molar-refractivity contribution is 7.90. The van der Waals surface area contributed by atoms with E-state index in [4.69, 9.17) is 11.6 Å². The minimum Gasteiger partial charge on any atom is -0.306 e. The second kappa shape index (κ2) is 9.14. The lowest BCUT2D eigenvalue weighted by molar-refractivity contribution is 0.102. The summed E-state index contributed by atoms with van der Waals surface area (Å²) in [7, 11) is -7.00. The topological polar surface area (TPSA) is 118 Å². The molecule has 1 aromatic heterocycles. The maximum absolute atomic E-state index is 13.0. The lowest BCUT2D eigenvalue weighted by Crippen LogP contribution is -2.30. The molecule has 4 rings (SSSR count). The van der Waals surface area contributed by atoms with E-state index in [0.717, 1.165) is 0 Å². The lowest BCUT2D eigenvalue weighted by Gasteiger charge is -2.18. The van der Waals surface area contributed by atoms with Crippen molar-refractivity contribution in [2.24, 2.45) is 0 Å². The number of rotatable bonds is 7. The van der Waals surface area contributed by atoms with Gasteiger partial charge < -0.3 is 5.32 Å². The summed E-state index contributed by atoms with van der Waals surface area (Å²) >= 11 is 5.97. The zero-order valence-corrected chi connectivity index (χ0v) is 20.9. The number of sulfone groups is 1. The number of nitrogens with one attached hydrogen (secondary N) is 1. The van der Waals surface area contributed by atoms with Crippen molar-refractivity contribution in [2.45, 2.75) is 30.2 Å². The predicted molar refractivity (Wildman–Crippen MR) is 129 cm³/mol. The van der Waals surface area contributed by atoms with Crippen LogP contribution in [0.4, 0.5) is 5.82 Å². The highest BCUT2D eigenvalue weighted by atomic mass is 35.5. The molecule has 0 bridgehead atoms. The summed E-state index contributed by atoms with van der Waals surface area (Å²) in [6, 6.07) is 12.4. The van der Waals surface area contributed by atoms with E-state index in [1.165, 1.54) is 33.3 Å². The van der Waals surface area contributed by atoms with Crippen LogP contribution in [-0.2, 0) is 31.4 Å². The van der Waals surface area contributed by atoms with E-state index in [0.29, 0.717) is 35.1 Å². The van der Waals surface area contributed by atoms with Gasteiger partial charge in [-0.1, -0.05) is 25.4 Å². The van der Waals surface area contributed by atoms with Gasteiger partial charge in [-0.2, -0.15) is 9.40 Å². The van der Waals surface area contributed by atoms with E-state index in [-0.39, 0.29) is 27.8 Å². The normalized spacial score (nSPS) is 14.8. The van der Waals surface area contributed by atoms with Gasteiger partial charge in [0.15, 0.2) is 9.84 Å². The van der Waals surface area contributed by atoms with Gasteiger partial charge in [0, 0.05) is 29.2 Å². The number of anilines is 1. The summed E-state index contributed by atoms with van der Waals surface area (Å²) < 4.78 is 52.5. The maximum Gasteiger partial charge on any atom is 0.256 e. The van der Waals surface area contributed by atoms with Gasteiger partial charge in [-0.15, -0.1) is 0 Å². The SMILES string of the molecule is CCN(CC)S(=O)(=O)c1ccc(C(=O)Nc2c3c(nn2-c2ccc(Cl)cc2)CS(=O)(=O)C3)cc1. The number of carbonyl (C=O) groups excluding carboxylic acids is 1. The van der Waals surface area contributed by atoms with Gasteiger partial charge in [-0.25, -0.2) is 21.5 Å². The summed E-state index contributed by atoms with van der Waals surface area (Å²) in [6.07, 6.45) is 0. The Morgan fingerprint density at radius 2 is 1.68 bits per heavy atom. The first-order chi connectivity index (χ1) is 16.1. The van der Waals surface area contributed by atoms with E-state index < -0.39 is 25.8 Å². The molecule has 0 saturated heterocycles. The van der Waals surface area contributed by atoms with Crippen molar-refractivity contribution in [3.8, 4) is 5.69 Å². The van der Waals surface area contributed by atoms with Crippen LogP contribution in [0.3, 0.4) is 0 Å². The molecule has 1 N–H and O–H groups in total. The Morgan fingerprint density at radius 1 is 1.06 bits per heavy atom. The molecule has 9 nitrogen and oxygen atoms in total. The summed E-state index contributed by atoms with van der Waals surface area (Å²) in [6.45, 7) is 4.18. The van der Waals surface area contributed by atoms with Gasteiger partial charge >= 0.3 is 0 Å². The molecular weight excluding hydrogens is 500 g/mol. The van der Waals surface area contributed by atoms with Crippen LogP contribution in [0.5, 0.6) is 0 Å². The van der Waals surface area contributed by atoms with Crippen LogP contribution in [0.25, 0.3) is 5.69 Å². The molecule has 0 aliphatic carbocycles. The Kier molecular flexibility index (Phi) is 6.56. The highest BCUT2D eigenvalue weighted by Crippen LogP contribution is 2.33. The Hall–Kier alpha value is -2.73. The monoisotopic (exact) mass is 522 g/mol. The van der Waals surface area contributed by atoms with Crippen LogP contribution in [0.1, 0.15) is 35.5 Å². The number of hydrogen-bond donors (Lipinski definition) is 1. The third-order valence-corrected chi connectivity index (χ3v) is 9.31. The predicted octanol–water partition coefficient (Wildman–Crippen LogP) is 3.24. The number of amides is 1. The number of aromatic nitrogens is 2. The van der Waals surface area contributed by atoms with Crippen LogP contribution < -0.4 is 5.32 Å². The fourth-order valence-corrected chi connectivity index (χ4v) is 6.89. The molecule has 34 heavy (non-hydrogen) atoms. The standard InChI is InChI=1S/C22H23ClN4O5S2/c1-3-26(4-2)34(31,32)18-11-5-15(6-12-18)22(28)24-21-19-13-33(29,30)14-20(19)25-27(21)17-9-7-16(23)8-10-17/h5-12H,3-4,13-14H2,1-2H3,(H,24,28). The first-order valence-corrected chi connectivity index (χ1v) is 14.2. The molecule has 12 heteroatoms. The number of nitrogens with zero attached hydrogens (tertiary/aromatic N) is 3. The van der Waals surface area contributed by atoms with Crippen molar-refractivity contribution < 1.29 is 21.6 Å². The third-order valence-electron chi connectivity index (χ3n) is 5.55. The van der Waals surface area contributed by atoms with Gasteiger partial charge in [-0.3, -0.25) is 4.79 Å². The molecular formula is C22H23ClN4O5S2. The lowest BCUT2D eigenvalue weighted by atomic mass is 10.2. The van der Waals surface area contributed by atoms with Crippen LogP contribution in [0, 0.1) is 0 Å². The summed E-state index contributed by atoms with van der Waals surface area (Å²) in [5, 5.41) is 7.70. The van der Waals surface area contributed by atoms with Crippen molar-refractivity contribution in [3.63, 3.8) is 0 Å². The smallest absolute Gasteiger partial charge is 0.256 e. The van der Waals surface area contributed by atoms with E-state index >= 15 is 0 Å². The van der Waals surface area contributed by atoms with Crippen LogP contribution in [-0.4, -0.2) is 49.9 Å². The molecule has 0 atom stereocenters. The summed E-state index contributed by atoms with van der Waals surface area (Å²) in [5.74, 6) is -0.701. The van der Waals surface area contributed by atoms with Gasteiger partial charge in [0.1, 0.15) is 5.82 Å². The largest absolute Gasteiger partial charge is 0.306 e. The number of carbonyl (C=O) groups is 1. The van der Waals surface area contributed by atoms with Crippen LogP contribution >= 0.6 is 11.6 Å². The van der Waals surface area contributed by atoms with E-state index in [9.17, 15) is 21.6 Å². The van der Waals surface area contributed by atoms with Crippen molar-refractivity contribution in [3.05, 3.63) is 70.4 Å². The minimum absolute atomic E-state index is 0.0888. The first kappa shape index (κ1) is 24.4. The number of benzene rings is 2. The minimum atomic E-state index is -3.65. The Labute approximate surface area is 203 Å². The van der Waals surface area contributed by atoms with Gasteiger partial charge in [0.05, 0.1) is 27.8 Å². The number of hydrogen-bond acceptors (Lipinski definition) is 6. The molecule has 3 aromatic rings. The number of halogens is 1. The zero-order valence-electron chi connectivity index (χ0n) is 18.5. The van der Waals surface area contributed by atoms with Gasteiger partial charge in [0.25, 0.3) is 5.91 Å². The molecule has 0 fully saturated rings. The first-order valence-electron chi connectivity index (χ1n) is 10.5. The van der Waals surface area contributed by atoms with E-state index in [2.05, 4.69) is 10.4 Å². The number of fused-ring (bicyclic) bond motifs is 1. The van der Waals surface area contributed by atoms with Crippen molar-refractivity contribution in [1.82, 2.24) is 14.1 Å². The van der Waals surface area contributed by atoms with Gasteiger partial charge in [0.2, 0.25) is 10.0 Å². The Bertz CT molecular complexity index is 1440. The Balaban J connectivity index is 1.66. The van der Waals surface area contributed by atoms with Crippen molar-refractivity contribution in [1.29, 1.82) is 0 Å². The average Bonchev–Trinajstić information content (AvgIpc) is 3.27. The van der Waals surface area contributed by atoms with Crippen LogP contribution in [0.2, 0.25) is 5.02 Å². The highest BCUT2D eigenvalue weighted by Gasteiger charge is 2.33. The molecule has 1 aliphatic rings. The van der Waals surface area contributed by atoms with Crippen molar-refractivity contribution in [2.75, 3.05) is 18.4 Å². The molecule has 1 aliphatic heterocycles. The van der Waals surface area contributed by atoms with Crippen molar-refractivity contribution >= 4 is 43.2 Å². The molecule has 0 unspecified atom stereocenters. The fraction of sp³-hybridized carbons (Fsp3) is 0.273. The van der Waals surface area contributed by atoms with Gasteiger partial charge in [-0.05, 0) is 48.5 Å².